The zero-order chi connectivity index (χ0) is 14.7. The molecule has 0 saturated heterocycles. The van der Waals surface area contributed by atoms with Gasteiger partial charge in [0.05, 0.1) is 11.3 Å². The number of carboxylic acid groups (broad SMARTS) is 1. The van der Waals surface area contributed by atoms with E-state index >= 15 is 0 Å². The van der Waals surface area contributed by atoms with Crippen LogP contribution >= 0.6 is 0 Å². The Morgan fingerprint density at radius 3 is 2.70 bits per heavy atom. The zero-order valence-corrected chi connectivity index (χ0v) is 11.7. The summed E-state index contributed by atoms with van der Waals surface area (Å²) in [5.74, 6) is -1.30. The van der Waals surface area contributed by atoms with Gasteiger partial charge < -0.3 is 15.3 Å². The summed E-state index contributed by atoms with van der Waals surface area (Å²) in [6.45, 7) is 2.96. The van der Waals surface area contributed by atoms with Crippen LogP contribution in [0.5, 0.6) is 0 Å². The Morgan fingerprint density at radius 2 is 2.15 bits per heavy atom. The molecule has 0 aliphatic heterocycles. The van der Waals surface area contributed by atoms with E-state index in [1.165, 1.54) is 25.0 Å². The predicted molar refractivity (Wildman–Crippen MR) is 73.9 cm³/mol. The molecular formula is C14H19N3O3. The van der Waals surface area contributed by atoms with Gasteiger partial charge in [-0.05, 0) is 38.9 Å². The van der Waals surface area contributed by atoms with Gasteiger partial charge in [-0.1, -0.05) is 0 Å². The molecule has 6 nitrogen and oxygen atoms in total. The lowest BCUT2D eigenvalue weighted by Gasteiger charge is -2.15. The lowest BCUT2D eigenvalue weighted by Crippen LogP contribution is -2.34. The Hall–Kier alpha value is -1.95. The molecule has 0 bridgehead atoms. The van der Waals surface area contributed by atoms with Crippen molar-refractivity contribution in [1.82, 2.24) is 15.2 Å². The number of carboxylic acids is 1. The monoisotopic (exact) mass is 277 g/mol. The summed E-state index contributed by atoms with van der Waals surface area (Å²) in [6, 6.07) is 3.52. The maximum Gasteiger partial charge on any atom is 0.337 e. The van der Waals surface area contributed by atoms with Crippen LogP contribution in [0.4, 0.5) is 0 Å². The van der Waals surface area contributed by atoms with E-state index in [0.717, 1.165) is 6.54 Å². The van der Waals surface area contributed by atoms with E-state index in [1.807, 2.05) is 7.05 Å². The molecule has 108 valence electrons. The van der Waals surface area contributed by atoms with E-state index < -0.39 is 5.97 Å². The van der Waals surface area contributed by atoms with Gasteiger partial charge in [0, 0.05) is 19.1 Å². The van der Waals surface area contributed by atoms with Crippen molar-refractivity contribution in [3.63, 3.8) is 0 Å². The van der Waals surface area contributed by atoms with Gasteiger partial charge in [0.1, 0.15) is 5.69 Å². The van der Waals surface area contributed by atoms with Crippen LogP contribution in [0.25, 0.3) is 0 Å². The Labute approximate surface area is 117 Å². The van der Waals surface area contributed by atoms with Crippen molar-refractivity contribution in [2.24, 2.45) is 0 Å². The first-order valence-electron chi connectivity index (χ1n) is 6.68. The first kappa shape index (κ1) is 14.5. The zero-order valence-electron chi connectivity index (χ0n) is 11.7. The van der Waals surface area contributed by atoms with Crippen molar-refractivity contribution in [1.29, 1.82) is 0 Å². The van der Waals surface area contributed by atoms with Gasteiger partial charge in [-0.25, -0.2) is 9.78 Å². The normalized spacial score (nSPS) is 14.3. The number of carbonyl (C=O) groups is 2. The number of nitrogens with one attached hydrogen (secondary N) is 1. The third kappa shape index (κ3) is 3.54. The Balaban J connectivity index is 1.88. The van der Waals surface area contributed by atoms with Crippen LogP contribution in [0.1, 0.15) is 39.4 Å². The number of aromatic nitrogens is 1. The van der Waals surface area contributed by atoms with Crippen molar-refractivity contribution in [2.75, 3.05) is 20.1 Å². The van der Waals surface area contributed by atoms with Gasteiger partial charge in [0.2, 0.25) is 0 Å². The molecule has 0 unspecified atom stereocenters. The molecule has 1 heterocycles. The van der Waals surface area contributed by atoms with Crippen molar-refractivity contribution in [3.8, 4) is 0 Å². The molecule has 1 fully saturated rings. The van der Waals surface area contributed by atoms with Gasteiger partial charge in [0.25, 0.3) is 5.91 Å². The minimum absolute atomic E-state index is 0.120. The van der Waals surface area contributed by atoms with Crippen LogP contribution in [0.15, 0.2) is 12.1 Å². The highest BCUT2D eigenvalue weighted by Crippen LogP contribution is 2.24. The number of nitrogens with zero attached hydrogens (tertiary/aromatic N) is 2. The van der Waals surface area contributed by atoms with Crippen molar-refractivity contribution in [3.05, 3.63) is 29.1 Å². The molecule has 1 saturated carbocycles. The lowest BCUT2D eigenvalue weighted by molar-refractivity contribution is 0.0694. The van der Waals surface area contributed by atoms with Crippen molar-refractivity contribution >= 4 is 11.9 Å². The molecule has 1 aliphatic rings. The van der Waals surface area contributed by atoms with Gasteiger partial charge in [-0.2, -0.15) is 0 Å². The molecule has 2 rings (SSSR count). The van der Waals surface area contributed by atoms with E-state index in [2.05, 4.69) is 15.2 Å². The molecule has 0 atom stereocenters. The largest absolute Gasteiger partial charge is 0.478 e. The third-order valence-electron chi connectivity index (χ3n) is 3.47. The average Bonchev–Trinajstić information content (AvgIpc) is 3.22. The van der Waals surface area contributed by atoms with Gasteiger partial charge in [-0.15, -0.1) is 0 Å². The summed E-state index contributed by atoms with van der Waals surface area (Å²) in [7, 11) is 2.05. The number of likely N-dealkylation sites (N-methyl/N-ethyl adjacent to an activating group) is 1. The maximum absolute atomic E-state index is 11.9. The van der Waals surface area contributed by atoms with E-state index in [0.29, 0.717) is 18.3 Å². The fourth-order valence-electron chi connectivity index (χ4n) is 2.05. The second kappa shape index (κ2) is 6.00. The average molecular weight is 277 g/mol. The molecular weight excluding hydrogens is 258 g/mol. The number of carbonyl (C=O) groups excluding carboxylic acids is 1. The van der Waals surface area contributed by atoms with Crippen LogP contribution in [0, 0.1) is 6.92 Å². The fourth-order valence-corrected chi connectivity index (χ4v) is 2.05. The second-order valence-corrected chi connectivity index (χ2v) is 5.10. The molecule has 1 aromatic rings. The number of hydrogen-bond donors (Lipinski definition) is 2. The number of aryl methyl sites for hydroxylation is 1. The van der Waals surface area contributed by atoms with Crippen molar-refractivity contribution < 1.29 is 14.7 Å². The van der Waals surface area contributed by atoms with Gasteiger partial charge >= 0.3 is 5.97 Å². The summed E-state index contributed by atoms with van der Waals surface area (Å²) in [5, 5.41) is 11.7. The molecule has 1 aromatic heterocycles. The van der Waals surface area contributed by atoms with E-state index in [1.54, 1.807) is 6.92 Å². The summed E-state index contributed by atoms with van der Waals surface area (Å²) in [5.41, 5.74) is 0.719. The van der Waals surface area contributed by atoms with Gasteiger partial charge in [0.15, 0.2) is 0 Å². The summed E-state index contributed by atoms with van der Waals surface area (Å²) in [6.07, 6.45) is 2.48. The van der Waals surface area contributed by atoms with Crippen LogP contribution in [-0.2, 0) is 0 Å². The standard InChI is InChI=1S/C14H19N3O3/c1-9-11(14(19)20)5-6-12(16-9)13(18)15-7-8-17(2)10-3-4-10/h5-6,10H,3-4,7-8H2,1-2H3,(H,15,18)(H,19,20). The molecule has 6 heteroatoms. The van der Waals surface area contributed by atoms with Gasteiger partial charge in [-0.3, -0.25) is 4.79 Å². The van der Waals surface area contributed by atoms with Crippen LogP contribution < -0.4 is 5.32 Å². The van der Waals surface area contributed by atoms with Crippen molar-refractivity contribution in [2.45, 2.75) is 25.8 Å². The predicted octanol–water partition coefficient (Wildman–Crippen LogP) is 0.912. The molecule has 0 aromatic carbocycles. The number of amides is 1. The SMILES string of the molecule is Cc1nc(C(=O)NCCN(C)C2CC2)ccc1C(=O)O. The molecule has 0 spiro atoms. The molecule has 1 aliphatic carbocycles. The fraction of sp³-hybridized carbons (Fsp3) is 0.500. The second-order valence-electron chi connectivity index (χ2n) is 5.10. The highest BCUT2D eigenvalue weighted by Gasteiger charge is 2.25. The Kier molecular flexibility index (Phi) is 4.34. The summed E-state index contributed by atoms with van der Waals surface area (Å²) >= 11 is 0. The Morgan fingerprint density at radius 1 is 1.45 bits per heavy atom. The molecule has 1 amide bonds. The van der Waals surface area contributed by atoms with Crippen LogP contribution in [-0.4, -0.2) is 53.0 Å². The number of pyridine rings is 1. The first-order chi connectivity index (χ1) is 9.49. The van der Waals surface area contributed by atoms with E-state index in [4.69, 9.17) is 5.11 Å². The minimum Gasteiger partial charge on any atom is -0.478 e. The number of aromatic carboxylic acids is 1. The van der Waals surface area contributed by atoms with Crippen LogP contribution in [0.2, 0.25) is 0 Å². The third-order valence-corrected chi connectivity index (χ3v) is 3.47. The lowest BCUT2D eigenvalue weighted by atomic mass is 10.2. The highest BCUT2D eigenvalue weighted by molar-refractivity contribution is 5.94. The molecule has 2 N–H and O–H groups in total. The number of rotatable bonds is 6. The highest BCUT2D eigenvalue weighted by atomic mass is 16.4. The maximum atomic E-state index is 11.9. The molecule has 0 radical (unpaired) electrons. The Bertz CT molecular complexity index is 526. The summed E-state index contributed by atoms with van der Waals surface area (Å²) < 4.78 is 0. The van der Waals surface area contributed by atoms with E-state index in [9.17, 15) is 9.59 Å². The molecule has 20 heavy (non-hydrogen) atoms. The quantitative estimate of drug-likeness (QED) is 0.807. The minimum atomic E-state index is -1.03. The summed E-state index contributed by atoms with van der Waals surface area (Å²) in [4.78, 5) is 29.0. The van der Waals surface area contributed by atoms with E-state index in [-0.39, 0.29) is 17.2 Å². The number of hydrogen-bond acceptors (Lipinski definition) is 4. The topological polar surface area (TPSA) is 82.5 Å². The smallest absolute Gasteiger partial charge is 0.337 e. The van der Waals surface area contributed by atoms with Crippen LogP contribution in [0.3, 0.4) is 0 Å². The first-order valence-corrected chi connectivity index (χ1v) is 6.68.